The van der Waals surface area contributed by atoms with Crippen LogP contribution in [0.25, 0.3) is 0 Å². The van der Waals surface area contributed by atoms with Gasteiger partial charge in [-0.2, -0.15) is 0 Å². The van der Waals surface area contributed by atoms with E-state index in [0.29, 0.717) is 5.41 Å². The van der Waals surface area contributed by atoms with Crippen LogP contribution >= 0.6 is 0 Å². The lowest BCUT2D eigenvalue weighted by atomic mass is 9.74. The van der Waals surface area contributed by atoms with E-state index in [9.17, 15) is 4.79 Å². The van der Waals surface area contributed by atoms with Gasteiger partial charge in [-0.15, -0.1) is 0 Å². The molecule has 2 N–H and O–H groups in total. The van der Waals surface area contributed by atoms with Crippen LogP contribution in [0, 0.1) is 5.41 Å². The van der Waals surface area contributed by atoms with Crippen LogP contribution in [-0.2, 0) is 4.79 Å². The van der Waals surface area contributed by atoms with Crippen molar-refractivity contribution in [3.63, 3.8) is 0 Å². The Labute approximate surface area is 106 Å². The van der Waals surface area contributed by atoms with Crippen LogP contribution in [0.3, 0.4) is 0 Å². The zero-order valence-corrected chi connectivity index (χ0v) is 11.7. The lowest BCUT2D eigenvalue weighted by Crippen LogP contribution is -2.49. The summed E-state index contributed by atoms with van der Waals surface area (Å²) in [5.41, 5.74) is 6.38. The van der Waals surface area contributed by atoms with Crippen molar-refractivity contribution >= 4 is 5.91 Å². The molecule has 1 aliphatic rings. The van der Waals surface area contributed by atoms with Crippen molar-refractivity contribution in [3.8, 4) is 0 Å². The summed E-state index contributed by atoms with van der Waals surface area (Å²) in [7, 11) is 0. The number of nitrogens with zero attached hydrogens (tertiary/aromatic N) is 1. The van der Waals surface area contributed by atoms with Gasteiger partial charge >= 0.3 is 0 Å². The van der Waals surface area contributed by atoms with Crippen LogP contribution < -0.4 is 5.73 Å². The second-order valence-electron chi connectivity index (χ2n) is 5.43. The number of amides is 1. The fraction of sp³-hybridized carbons (Fsp3) is 0.929. The van der Waals surface area contributed by atoms with Gasteiger partial charge in [0.1, 0.15) is 0 Å². The van der Waals surface area contributed by atoms with Gasteiger partial charge in [-0.25, -0.2) is 0 Å². The monoisotopic (exact) mass is 240 g/mol. The number of nitrogens with two attached hydrogens (primary N) is 1. The van der Waals surface area contributed by atoms with Crippen LogP contribution in [0.5, 0.6) is 0 Å². The standard InChI is InChI=1S/C14H28N2O/c1-4-7-12(15)13(17)16-10-8-14(5-2,6-3)9-11-16/h12H,4-11,15H2,1-3H3/t12-/m1/s1. The predicted octanol–water partition coefficient (Wildman–Crippen LogP) is 2.54. The molecule has 1 saturated heterocycles. The second kappa shape index (κ2) is 6.39. The Bertz CT molecular complexity index is 239. The minimum Gasteiger partial charge on any atom is -0.341 e. The van der Waals surface area contributed by atoms with Gasteiger partial charge in [-0.3, -0.25) is 4.79 Å². The summed E-state index contributed by atoms with van der Waals surface area (Å²) >= 11 is 0. The van der Waals surface area contributed by atoms with Crippen molar-refractivity contribution in [2.75, 3.05) is 13.1 Å². The molecule has 1 fully saturated rings. The molecule has 1 rings (SSSR count). The minimum atomic E-state index is -0.282. The third-order valence-electron chi connectivity index (χ3n) is 4.55. The van der Waals surface area contributed by atoms with Gasteiger partial charge in [-0.1, -0.05) is 40.0 Å². The maximum atomic E-state index is 12.1. The Morgan fingerprint density at radius 1 is 1.24 bits per heavy atom. The van der Waals surface area contributed by atoms with Crippen LogP contribution in [0.1, 0.15) is 59.3 Å². The van der Waals surface area contributed by atoms with Crippen molar-refractivity contribution in [2.45, 2.75) is 65.3 Å². The maximum absolute atomic E-state index is 12.1. The molecule has 1 atom stereocenters. The molecule has 17 heavy (non-hydrogen) atoms. The first-order chi connectivity index (χ1) is 8.08. The second-order valence-corrected chi connectivity index (χ2v) is 5.43. The normalized spacial score (nSPS) is 21.3. The Morgan fingerprint density at radius 2 is 1.76 bits per heavy atom. The topological polar surface area (TPSA) is 46.3 Å². The molecular weight excluding hydrogens is 212 g/mol. The lowest BCUT2D eigenvalue weighted by Gasteiger charge is -2.41. The Hall–Kier alpha value is -0.570. The van der Waals surface area contributed by atoms with Gasteiger partial charge in [-0.05, 0) is 24.7 Å². The van der Waals surface area contributed by atoms with Crippen molar-refractivity contribution in [1.82, 2.24) is 4.90 Å². The minimum absolute atomic E-state index is 0.160. The van der Waals surface area contributed by atoms with Crippen molar-refractivity contribution in [1.29, 1.82) is 0 Å². The van der Waals surface area contributed by atoms with Gasteiger partial charge in [0.25, 0.3) is 0 Å². The Morgan fingerprint density at radius 3 is 2.18 bits per heavy atom. The van der Waals surface area contributed by atoms with E-state index < -0.39 is 0 Å². The third kappa shape index (κ3) is 3.44. The van der Waals surface area contributed by atoms with Crippen LogP contribution in [-0.4, -0.2) is 29.9 Å². The summed E-state index contributed by atoms with van der Waals surface area (Å²) in [5.74, 6) is 0.160. The Balaban J connectivity index is 2.48. The average molecular weight is 240 g/mol. The lowest BCUT2D eigenvalue weighted by molar-refractivity contribution is -0.135. The first kappa shape index (κ1) is 14.5. The highest BCUT2D eigenvalue weighted by Crippen LogP contribution is 2.37. The highest BCUT2D eigenvalue weighted by Gasteiger charge is 2.33. The first-order valence-corrected chi connectivity index (χ1v) is 7.13. The molecule has 0 bridgehead atoms. The summed E-state index contributed by atoms with van der Waals surface area (Å²) in [4.78, 5) is 14.1. The number of hydrogen-bond acceptors (Lipinski definition) is 2. The number of carbonyl (C=O) groups excluding carboxylic acids is 1. The number of piperidine rings is 1. The Kier molecular flexibility index (Phi) is 5.44. The third-order valence-corrected chi connectivity index (χ3v) is 4.55. The van der Waals surface area contributed by atoms with Crippen LogP contribution in [0.15, 0.2) is 0 Å². The predicted molar refractivity (Wildman–Crippen MR) is 71.7 cm³/mol. The fourth-order valence-corrected chi connectivity index (χ4v) is 2.83. The molecule has 3 nitrogen and oxygen atoms in total. The molecule has 0 radical (unpaired) electrons. The summed E-state index contributed by atoms with van der Waals surface area (Å²) < 4.78 is 0. The summed E-state index contributed by atoms with van der Waals surface area (Å²) in [6.45, 7) is 8.41. The molecule has 0 aromatic rings. The molecule has 0 aromatic heterocycles. The number of likely N-dealkylation sites (tertiary alicyclic amines) is 1. The van der Waals surface area contributed by atoms with Crippen LogP contribution in [0.2, 0.25) is 0 Å². The molecule has 0 saturated carbocycles. The van der Waals surface area contributed by atoms with E-state index in [-0.39, 0.29) is 11.9 Å². The van der Waals surface area contributed by atoms with E-state index in [2.05, 4.69) is 20.8 Å². The van der Waals surface area contributed by atoms with E-state index in [1.807, 2.05) is 4.90 Å². The molecule has 1 amide bonds. The highest BCUT2D eigenvalue weighted by molar-refractivity contribution is 5.81. The molecule has 3 heteroatoms. The average Bonchev–Trinajstić information content (AvgIpc) is 2.38. The zero-order valence-electron chi connectivity index (χ0n) is 11.7. The summed E-state index contributed by atoms with van der Waals surface area (Å²) in [6.07, 6.45) is 6.53. The summed E-state index contributed by atoms with van der Waals surface area (Å²) in [6, 6.07) is -0.282. The first-order valence-electron chi connectivity index (χ1n) is 7.13. The van der Waals surface area contributed by atoms with Gasteiger partial charge in [0.05, 0.1) is 6.04 Å². The maximum Gasteiger partial charge on any atom is 0.239 e. The zero-order chi connectivity index (χ0) is 12.9. The number of hydrogen-bond donors (Lipinski definition) is 1. The SMILES string of the molecule is CCC[C@@H](N)C(=O)N1CCC(CC)(CC)CC1. The van der Waals surface area contributed by atoms with E-state index >= 15 is 0 Å². The van der Waals surface area contributed by atoms with E-state index in [4.69, 9.17) is 5.73 Å². The van der Waals surface area contributed by atoms with Crippen molar-refractivity contribution in [2.24, 2.45) is 11.1 Å². The van der Waals surface area contributed by atoms with Gasteiger partial charge < -0.3 is 10.6 Å². The number of rotatable bonds is 5. The molecule has 0 unspecified atom stereocenters. The molecule has 0 aromatic carbocycles. The molecule has 100 valence electrons. The molecule has 1 heterocycles. The van der Waals surface area contributed by atoms with E-state index in [0.717, 1.165) is 38.8 Å². The number of carbonyl (C=O) groups is 1. The summed E-state index contributed by atoms with van der Waals surface area (Å²) in [5, 5.41) is 0. The fourth-order valence-electron chi connectivity index (χ4n) is 2.83. The van der Waals surface area contributed by atoms with Crippen LogP contribution in [0.4, 0.5) is 0 Å². The van der Waals surface area contributed by atoms with Crippen molar-refractivity contribution < 1.29 is 4.79 Å². The quantitative estimate of drug-likeness (QED) is 0.802. The molecule has 0 spiro atoms. The van der Waals surface area contributed by atoms with Crippen molar-refractivity contribution in [3.05, 3.63) is 0 Å². The molecule has 1 aliphatic heterocycles. The highest BCUT2D eigenvalue weighted by atomic mass is 16.2. The molecular formula is C14H28N2O. The van der Waals surface area contributed by atoms with Gasteiger partial charge in [0.2, 0.25) is 5.91 Å². The van der Waals surface area contributed by atoms with Gasteiger partial charge in [0.15, 0.2) is 0 Å². The largest absolute Gasteiger partial charge is 0.341 e. The molecule has 0 aliphatic carbocycles. The van der Waals surface area contributed by atoms with E-state index in [1.54, 1.807) is 0 Å². The van der Waals surface area contributed by atoms with Gasteiger partial charge in [0, 0.05) is 13.1 Å². The smallest absolute Gasteiger partial charge is 0.239 e. The van der Waals surface area contributed by atoms with E-state index in [1.165, 1.54) is 12.8 Å².